The maximum absolute atomic E-state index is 13.2. The molecule has 0 saturated carbocycles. The average Bonchev–Trinajstić information content (AvgIpc) is 3.08. The Labute approximate surface area is 137 Å². The number of carbonyl (C=O) groups is 1. The number of carbonyl (C=O) groups excluding carboxylic acids is 1. The van der Waals surface area contributed by atoms with E-state index in [1.54, 1.807) is 36.2 Å². The first kappa shape index (κ1) is 15.8. The third-order valence-electron chi connectivity index (χ3n) is 3.35. The number of hydrogen-bond acceptors (Lipinski definition) is 5. The highest BCUT2D eigenvalue weighted by Crippen LogP contribution is 2.23. The molecular weight excluding hydrogens is 317 g/mol. The van der Waals surface area contributed by atoms with Crippen molar-refractivity contribution < 1.29 is 13.9 Å². The zero-order chi connectivity index (χ0) is 16.1. The van der Waals surface area contributed by atoms with Gasteiger partial charge in [-0.05, 0) is 18.2 Å². The van der Waals surface area contributed by atoms with Crippen LogP contribution in [0.15, 0.2) is 42.6 Å². The molecule has 1 atom stereocenters. The van der Waals surface area contributed by atoms with Crippen molar-refractivity contribution in [2.75, 3.05) is 11.6 Å². The normalized spacial score (nSPS) is 17.0. The van der Waals surface area contributed by atoms with Crippen molar-refractivity contribution in [3.8, 4) is 11.6 Å². The summed E-state index contributed by atoms with van der Waals surface area (Å²) in [6.45, 7) is 0.306. The van der Waals surface area contributed by atoms with Gasteiger partial charge in [0.1, 0.15) is 11.6 Å². The average molecular weight is 333 g/mol. The molecule has 0 bridgehead atoms. The zero-order valence-corrected chi connectivity index (χ0v) is 13.1. The third-order valence-corrected chi connectivity index (χ3v) is 4.29. The minimum Gasteiger partial charge on any atom is -0.439 e. The van der Waals surface area contributed by atoms with Crippen LogP contribution >= 0.6 is 11.8 Å². The van der Waals surface area contributed by atoms with Gasteiger partial charge in [-0.1, -0.05) is 12.1 Å². The van der Waals surface area contributed by atoms with Gasteiger partial charge in [-0.15, -0.1) is 11.8 Å². The quantitative estimate of drug-likeness (QED) is 0.879. The number of ether oxygens (including phenoxy) is 1. The first-order valence-corrected chi connectivity index (χ1v) is 8.34. The van der Waals surface area contributed by atoms with Gasteiger partial charge < -0.3 is 10.1 Å². The Bertz CT molecular complexity index is 693. The molecule has 0 aliphatic carbocycles. The zero-order valence-electron chi connectivity index (χ0n) is 12.3. The van der Waals surface area contributed by atoms with Gasteiger partial charge in [-0.25, -0.2) is 9.37 Å². The number of halogens is 1. The molecule has 3 rings (SSSR count). The number of benzene rings is 1. The van der Waals surface area contributed by atoms with E-state index in [9.17, 15) is 9.18 Å². The SMILES string of the molecule is O=C(NCc1cccnc1Oc1cccc(F)c1)C1CSCN1. The summed E-state index contributed by atoms with van der Waals surface area (Å²) >= 11 is 1.69. The van der Waals surface area contributed by atoms with E-state index in [-0.39, 0.29) is 17.8 Å². The van der Waals surface area contributed by atoms with Crippen LogP contribution in [0.4, 0.5) is 4.39 Å². The molecular formula is C16H16FN3O2S. The predicted octanol–water partition coefficient (Wildman–Crippen LogP) is 2.29. The van der Waals surface area contributed by atoms with E-state index in [4.69, 9.17) is 4.74 Å². The van der Waals surface area contributed by atoms with Gasteiger partial charge in [-0.3, -0.25) is 10.1 Å². The molecule has 1 unspecified atom stereocenters. The lowest BCUT2D eigenvalue weighted by molar-refractivity contribution is -0.122. The number of pyridine rings is 1. The molecule has 1 aliphatic rings. The van der Waals surface area contributed by atoms with Gasteiger partial charge in [0.2, 0.25) is 11.8 Å². The first-order chi connectivity index (χ1) is 11.2. The van der Waals surface area contributed by atoms with Crippen LogP contribution in [0, 0.1) is 5.82 Å². The Morgan fingerprint density at radius 2 is 2.35 bits per heavy atom. The maximum Gasteiger partial charge on any atom is 0.238 e. The van der Waals surface area contributed by atoms with Gasteiger partial charge in [0.05, 0.1) is 6.04 Å². The number of nitrogens with zero attached hydrogens (tertiary/aromatic N) is 1. The predicted molar refractivity (Wildman–Crippen MR) is 86.8 cm³/mol. The van der Waals surface area contributed by atoms with E-state index in [1.165, 1.54) is 12.1 Å². The Morgan fingerprint density at radius 1 is 1.43 bits per heavy atom. The molecule has 5 nitrogen and oxygen atoms in total. The van der Waals surface area contributed by atoms with Crippen molar-refractivity contribution in [2.24, 2.45) is 0 Å². The third kappa shape index (κ3) is 4.20. The number of amides is 1. The van der Waals surface area contributed by atoms with Crippen molar-refractivity contribution in [3.63, 3.8) is 0 Å². The molecule has 1 aromatic carbocycles. The highest BCUT2D eigenvalue weighted by Gasteiger charge is 2.22. The number of thioether (sulfide) groups is 1. The van der Waals surface area contributed by atoms with E-state index in [0.29, 0.717) is 18.2 Å². The molecule has 1 saturated heterocycles. The Morgan fingerprint density at radius 3 is 3.13 bits per heavy atom. The van der Waals surface area contributed by atoms with Gasteiger partial charge in [0.25, 0.3) is 0 Å². The van der Waals surface area contributed by atoms with Crippen LogP contribution in [0.3, 0.4) is 0 Å². The van der Waals surface area contributed by atoms with Crippen molar-refractivity contribution in [1.29, 1.82) is 0 Å². The maximum atomic E-state index is 13.2. The van der Waals surface area contributed by atoms with Crippen LogP contribution in [0.25, 0.3) is 0 Å². The van der Waals surface area contributed by atoms with Crippen LogP contribution in [0.5, 0.6) is 11.6 Å². The van der Waals surface area contributed by atoms with Crippen LogP contribution < -0.4 is 15.4 Å². The summed E-state index contributed by atoms with van der Waals surface area (Å²) in [5.41, 5.74) is 0.732. The summed E-state index contributed by atoms with van der Waals surface area (Å²) in [6.07, 6.45) is 1.59. The summed E-state index contributed by atoms with van der Waals surface area (Å²) in [5, 5.41) is 5.99. The summed E-state index contributed by atoms with van der Waals surface area (Å²) < 4.78 is 18.9. The molecule has 0 radical (unpaired) electrons. The Hall–Kier alpha value is -2.12. The van der Waals surface area contributed by atoms with Gasteiger partial charge >= 0.3 is 0 Å². The largest absolute Gasteiger partial charge is 0.439 e. The Kier molecular flexibility index (Phi) is 5.09. The van der Waals surface area contributed by atoms with Gasteiger partial charge in [0, 0.05) is 36.0 Å². The topological polar surface area (TPSA) is 63.2 Å². The lowest BCUT2D eigenvalue weighted by Gasteiger charge is -2.13. The fourth-order valence-electron chi connectivity index (χ4n) is 2.16. The number of nitrogens with one attached hydrogen (secondary N) is 2. The first-order valence-electron chi connectivity index (χ1n) is 7.18. The number of aromatic nitrogens is 1. The second-order valence-electron chi connectivity index (χ2n) is 5.02. The van der Waals surface area contributed by atoms with E-state index < -0.39 is 0 Å². The molecule has 2 N–H and O–H groups in total. The van der Waals surface area contributed by atoms with Crippen LogP contribution in [0.1, 0.15) is 5.56 Å². The molecule has 1 aromatic heterocycles. The van der Waals surface area contributed by atoms with Crippen LogP contribution in [0.2, 0.25) is 0 Å². The smallest absolute Gasteiger partial charge is 0.238 e. The van der Waals surface area contributed by atoms with Crippen LogP contribution in [-0.4, -0.2) is 28.6 Å². The molecule has 7 heteroatoms. The summed E-state index contributed by atoms with van der Waals surface area (Å²) in [6, 6.07) is 9.28. The number of hydrogen-bond donors (Lipinski definition) is 2. The highest BCUT2D eigenvalue weighted by molar-refractivity contribution is 7.99. The molecule has 23 heavy (non-hydrogen) atoms. The molecule has 2 aromatic rings. The number of rotatable bonds is 5. The standard InChI is InChI=1S/C16H16FN3O2S/c17-12-4-1-5-13(7-12)22-16-11(3-2-6-18-16)8-19-15(21)14-9-23-10-20-14/h1-7,14,20H,8-10H2,(H,19,21). The summed E-state index contributed by atoms with van der Waals surface area (Å²) in [5.74, 6) is 1.86. The van der Waals surface area contributed by atoms with E-state index in [2.05, 4.69) is 15.6 Å². The van der Waals surface area contributed by atoms with Crippen molar-refractivity contribution in [1.82, 2.24) is 15.6 Å². The molecule has 1 fully saturated rings. The fourth-order valence-corrected chi connectivity index (χ4v) is 3.10. The minimum atomic E-state index is -0.377. The molecule has 1 amide bonds. The lowest BCUT2D eigenvalue weighted by Crippen LogP contribution is -2.41. The van der Waals surface area contributed by atoms with Gasteiger partial charge in [-0.2, -0.15) is 0 Å². The highest BCUT2D eigenvalue weighted by atomic mass is 32.2. The van der Waals surface area contributed by atoms with Crippen molar-refractivity contribution in [2.45, 2.75) is 12.6 Å². The second-order valence-corrected chi connectivity index (χ2v) is 6.05. The Balaban J connectivity index is 1.66. The second kappa shape index (κ2) is 7.43. The lowest BCUT2D eigenvalue weighted by atomic mass is 10.2. The van der Waals surface area contributed by atoms with Gasteiger partial charge in [0.15, 0.2) is 0 Å². The fraction of sp³-hybridized carbons (Fsp3) is 0.250. The van der Waals surface area contributed by atoms with Crippen molar-refractivity contribution >= 4 is 17.7 Å². The summed E-state index contributed by atoms with van der Waals surface area (Å²) in [4.78, 5) is 16.2. The van der Waals surface area contributed by atoms with E-state index in [1.807, 2.05) is 6.07 Å². The monoisotopic (exact) mass is 333 g/mol. The molecule has 1 aliphatic heterocycles. The minimum absolute atomic E-state index is 0.0458. The summed E-state index contributed by atoms with van der Waals surface area (Å²) in [7, 11) is 0. The molecule has 120 valence electrons. The van der Waals surface area contributed by atoms with Crippen molar-refractivity contribution in [3.05, 3.63) is 54.0 Å². The molecule has 2 heterocycles. The van der Waals surface area contributed by atoms with E-state index >= 15 is 0 Å². The van der Waals surface area contributed by atoms with E-state index in [0.717, 1.165) is 17.2 Å². The van der Waals surface area contributed by atoms with Crippen LogP contribution in [-0.2, 0) is 11.3 Å². The molecule has 0 spiro atoms.